The first-order valence-electron chi connectivity index (χ1n) is 8.53. The predicted octanol–water partition coefficient (Wildman–Crippen LogP) is 3.88. The maximum atomic E-state index is 12.3. The van der Waals surface area contributed by atoms with Crippen molar-refractivity contribution >= 4 is 17.5 Å². The molecular formula is C22H20N2O3. The third-order valence-corrected chi connectivity index (χ3v) is 4.05. The number of hydrogen-bond acceptors (Lipinski definition) is 3. The summed E-state index contributed by atoms with van der Waals surface area (Å²) in [7, 11) is 1.61. The van der Waals surface area contributed by atoms with E-state index in [0.29, 0.717) is 23.4 Å². The lowest BCUT2D eigenvalue weighted by molar-refractivity contribution is 0.0950. The van der Waals surface area contributed by atoms with E-state index in [9.17, 15) is 9.59 Å². The molecule has 2 N–H and O–H groups in total. The largest absolute Gasteiger partial charge is 0.497 e. The van der Waals surface area contributed by atoms with Gasteiger partial charge in [0.05, 0.1) is 7.11 Å². The van der Waals surface area contributed by atoms with Gasteiger partial charge in [0.15, 0.2) is 0 Å². The summed E-state index contributed by atoms with van der Waals surface area (Å²) in [6, 6.07) is 23.3. The van der Waals surface area contributed by atoms with Crippen LogP contribution >= 0.6 is 0 Å². The van der Waals surface area contributed by atoms with Crippen LogP contribution in [0.3, 0.4) is 0 Å². The molecule has 0 saturated carbocycles. The highest BCUT2D eigenvalue weighted by Crippen LogP contribution is 2.13. The third-order valence-electron chi connectivity index (χ3n) is 4.05. The standard InChI is InChI=1S/C22H20N2O3/c1-27-20-13-7-16(8-14-20)15-23-21(25)18-9-11-19(12-10-18)24-22(26)17-5-3-2-4-6-17/h2-14H,15H2,1H3,(H,23,25)(H,24,26). The molecule has 0 atom stereocenters. The number of nitrogens with one attached hydrogen (secondary N) is 2. The summed E-state index contributed by atoms with van der Waals surface area (Å²) in [5, 5.41) is 5.68. The van der Waals surface area contributed by atoms with Gasteiger partial charge in [-0.05, 0) is 54.1 Å². The Kier molecular flexibility index (Phi) is 5.84. The van der Waals surface area contributed by atoms with E-state index in [1.807, 2.05) is 42.5 Å². The molecule has 0 radical (unpaired) electrons. The number of methoxy groups -OCH3 is 1. The van der Waals surface area contributed by atoms with E-state index in [1.54, 1.807) is 43.5 Å². The van der Waals surface area contributed by atoms with Gasteiger partial charge in [-0.2, -0.15) is 0 Å². The van der Waals surface area contributed by atoms with Gasteiger partial charge in [-0.3, -0.25) is 9.59 Å². The first-order valence-corrected chi connectivity index (χ1v) is 8.53. The second-order valence-corrected chi connectivity index (χ2v) is 5.93. The van der Waals surface area contributed by atoms with Crippen LogP contribution in [-0.4, -0.2) is 18.9 Å². The van der Waals surface area contributed by atoms with Crippen LogP contribution in [0.15, 0.2) is 78.9 Å². The molecule has 3 rings (SSSR count). The molecule has 0 saturated heterocycles. The van der Waals surface area contributed by atoms with E-state index in [1.165, 1.54) is 0 Å². The van der Waals surface area contributed by atoms with Crippen LogP contribution in [0.1, 0.15) is 26.3 Å². The van der Waals surface area contributed by atoms with Crippen molar-refractivity contribution in [2.24, 2.45) is 0 Å². The summed E-state index contributed by atoms with van der Waals surface area (Å²) in [4.78, 5) is 24.4. The van der Waals surface area contributed by atoms with Crippen LogP contribution in [0.5, 0.6) is 5.75 Å². The fourth-order valence-electron chi connectivity index (χ4n) is 2.53. The lowest BCUT2D eigenvalue weighted by Crippen LogP contribution is -2.22. The topological polar surface area (TPSA) is 67.4 Å². The van der Waals surface area contributed by atoms with Gasteiger partial charge in [-0.15, -0.1) is 0 Å². The number of anilines is 1. The molecule has 0 fully saturated rings. The van der Waals surface area contributed by atoms with Gasteiger partial charge in [-0.1, -0.05) is 30.3 Å². The average molecular weight is 360 g/mol. The van der Waals surface area contributed by atoms with Crippen LogP contribution in [0.25, 0.3) is 0 Å². The van der Waals surface area contributed by atoms with Gasteiger partial charge in [0.25, 0.3) is 11.8 Å². The number of hydrogen-bond donors (Lipinski definition) is 2. The Bertz CT molecular complexity index is 905. The molecule has 2 amide bonds. The number of amides is 2. The van der Waals surface area contributed by atoms with E-state index in [0.717, 1.165) is 11.3 Å². The fraction of sp³-hybridized carbons (Fsp3) is 0.0909. The number of ether oxygens (including phenoxy) is 1. The first kappa shape index (κ1) is 18.2. The summed E-state index contributed by atoms with van der Waals surface area (Å²) >= 11 is 0. The minimum absolute atomic E-state index is 0.174. The number of carbonyl (C=O) groups excluding carboxylic acids is 2. The molecule has 3 aromatic carbocycles. The monoisotopic (exact) mass is 360 g/mol. The van der Waals surface area contributed by atoms with Crippen molar-refractivity contribution in [1.29, 1.82) is 0 Å². The Morgan fingerprint density at radius 3 is 2.04 bits per heavy atom. The highest BCUT2D eigenvalue weighted by Gasteiger charge is 2.08. The molecule has 27 heavy (non-hydrogen) atoms. The van der Waals surface area contributed by atoms with Crippen molar-refractivity contribution < 1.29 is 14.3 Å². The minimum Gasteiger partial charge on any atom is -0.497 e. The zero-order valence-corrected chi connectivity index (χ0v) is 14.9. The molecule has 5 heteroatoms. The smallest absolute Gasteiger partial charge is 0.255 e. The first-order chi connectivity index (χ1) is 13.2. The Balaban J connectivity index is 1.56. The summed E-state index contributed by atoms with van der Waals surface area (Å²) in [5.41, 5.74) is 2.73. The quantitative estimate of drug-likeness (QED) is 0.701. The molecule has 5 nitrogen and oxygen atoms in total. The zero-order valence-electron chi connectivity index (χ0n) is 14.9. The maximum Gasteiger partial charge on any atom is 0.255 e. The highest BCUT2D eigenvalue weighted by molar-refractivity contribution is 6.04. The van der Waals surface area contributed by atoms with Gasteiger partial charge in [0, 0.05) is 23.4 Å². The zero-order chi connectivity index (χ0) is 19.1. The lowest BCUT2D eigenvalue weighted by atomic mass is 10.1. The molecule has 3 aromatic rings. The molecule has 136 valence electrons. The SMILES string of the molecule is COc1ccc(CNC(=O)c2ccc(NC(=O)c3ccccc3)cc2)cc1. The van der Waals surface area contributed by atoms with Gasteiger partial charge in [0.1, 0.15) is 5.75 Å². The number of benzene rings is 3. The van der Waals surface area contributed by atoms with Crippen LogP contribution in [-0.2, 0) is 6.54 Å². The van der Waals surface area contributed by atoms with Crippen molar-refractivity contribution in [2.75, 3.05) is 12.4 Å². The van der Waals surface area contributed by atoms with E-state index < -0.39 is 0 Å². The molecule has 0 unspecified atom stereocenters. The van der Waals surface area contributed by atoms with E-state index in [-0.39, 0.29) is 11.8 Å². The molecule has 0 spiro atoms. The Morgan fingerprint density at radius 2 is 1.41 bits per heavy atom. The Morgan fingerprint density at radius 1 is 0.778 bits per heavy atom. The minimum atomic E-state index is -0.188. The van der Waals surface area contributed by atoms with E-state index >= 15 is 0 Å². The second-order valence-electron chi connectivity index (χ2n) is 5.93. The van der Waals surface area contributed by atoms with Crippen LogP contribution in [0.2, 0.25) is 0 Å². The Labute approximate surface area is 158 Å². The second kappa shape index (κ2) is 8.67. The summed E-state index contributed by atoms with van der Waals surface area (Å²) in [5.74, 6) is 0.414. The molecule has 0 aromatic heterocycles. The molecule has 0 heterocycles. The fourth-order valence-corrected chi connectivity index (χ4v) is 2.53. The van der Waals surface area contributed by atoms with Crippen molar-refractivity contribution in [2.45, 2.75) is 6.54 Å². The molecule has 0 bridgehead atoms. The third kappa shape index (κ3) is 4.95. The summed E-state index contributed by atoms with van der Waals surface area (Å²) in [6.07, 6.45) is 0. The molecular weight excluding hydrogens is 340 g/mol. The summed E-state index contributed by atoms with van der Waals surface area (Å²) in [6.45, 7) is 0.426. The van der Waals surface area contributed by atoms with Crippen LogP contribution in [0, 0.1) is 0 Å². The Hall–Kier alpha value is -3.60. The van der Waals surface area contributed by atoms with Crippen molar-refractivity contribution in [3.05, 3.63) is 95.6 Å². The summed E-state index contributed by atoms with van der Waals surface area (Å²) < 4.78 is 5.11. The van der Waals surface area contributed by atoms with Crippen LogP contribution in [0.4, 0.5) is 5.69 Å². The molecule has 0 aliphatic rings. The van der Waals surface area contributed by atoms with Gasteiger partial charge < -0.3 is 15.4 Å². The normalized spacial score (nSPS) is 10.1. The number of carbonyl (C=O) groups is 2. The van der Waals surface area contributed by atoms with Gasteiger partial charge in [0.2, 0.25) is 0 Å². The predicted molar refractivity (Wildman–Crippen MR) is 105 cm³/mol. The van der Waals surface area contributed by atoms with E-state index in [4.69, 9.17) is 4.74 Å². The lowest BCUT2D eigenvalue weighted by Gasteiger charge is -2.08. The molecule has 0 aliphatic carbocycles. The van der Waals surface area contributed by atoms with Gasteiger partial charge in [-0.25, -0.2) is 0 Å². The maximum absolute atomic E-state index is 12.3. The average Bonchev–Trinajstić information content (AvgIpc) is 2.73. The van der Waals surface area contributed by atoms with E-state index in [2.05, 4.69) is 10.6 Å². The van der Waals surface area contributed by atoms with Crippen molar-refractivity contribution in [3.8, 4) is 5.75 Å². The van der Waals surface area contributed by atoms with Gasteiger partial charge >= 0.3 is 0 Å². The van der Waals surface area contributed by atoms with Crippen molar-refractivity contribution in [3.63, 3.8) is 0 Å². The van der Waals surface area contributed by atoms with Crippen LogP contribution < -0.4 is 15.4 Å². The molecule has 0 aliphatic heterocycles. The van der Waals surface area contributed by atoms with Crippen molar-refractivity contribution in [1.82, 2.24) is 5.32 Å². The highest BCUT2D eigenvalue weighted by atomic mass is 16.5. The number of rotatable bonds is 6.